The van der Waals surface area contributed by atoms with E-state index >= 15 is 0 Å². The largest absolute Gasteiger partial charge is 0.504 e. The highest BCUT2D eigenvalue weighted by Crippen LogP contribution is 2.60. The van der Waals surface area contributed by atoms with Gasteiger partial charge in [0, 0.05) is 0 Å². The number of amides is 2. The van der Waals surface area contributed by atoms with E-state index in [0.29, 0.717) is 44.9 Å². The van der Waals surface area contributed by atoms with Crippen LogP contribution in [0.3, 0.4) is 0 Å². The van der Waals surface area contributed by atoms with Gasteiger partial charge in [-0.25, -0.2) is 0 Å². The molecule has 164 valence electrons. The fourth-order valence-electron chi connectivity index (χ4n) is 6.22. The maximum atomic E-state index is 13.3. The molecule has 6 rings (SSSR count). The molecule has 0 aromatic heterocycles. The highest BCUT2D eigenvalue weighted by atomic mass is 32.2. The number of thiocarbonyl (C=S) groups is 1. The molecule has 0 radical (unpaired) electrons. The van der Waals surface area contributed by atoms with Crippen LogP contribution in [0.25, 0.3) is 6.08 Å². The van der Waals surface area contributed by atoms with Crippen molar-refractivity contribution in [1.82, 2.24) is 10.4 Å². The summed E-state index contributed by atoms with van der Waals surface area (Å²) in [6.45, 7) is 2.26. The van der Waals surface area contributed by atoms with Gasteiger partial charge in [0.05, 0.1) is 16.9 Å². The molecule has 4 bridgehead atoms. The van der Waals surface area contributed by atoms with Crippen molar-refractivity contribution in [2.75, 3.05) is 6.61 Å². The number of rotatable bonds is 5. The van der Waals surface area contributed by atoms with Crippen LogP contribution in [-0.2, 0) is 9.59 Å². The van der Waals surface area contributed by atoms with Gasteiger partial charge in [-0.2, -0.15) is 5.01 Å². The Morgan fingerprint density at radius 1 is 1.29 bits per heavy atom. The van der Waals surface area contributed by atoms with Crippen LogP contribution in [0, 0.1) is 23.2 Å². The molecular weight excluding hydrogens is 432 g/mol. The van der Waals surface area contributed by atoms with Gasteiger partial charge in [0.25, 0.3) is 5.91 Å². The molecule has 1 aliphatic heterocycles. The fraction of sp³-hybridized carbons (Fsp3) is 0.522. The molecule has 8 heteroatoms. The van der Waals surface area contributed by atoms with Crippen molar-refractivity contribution in [1.29, 1.82) is 0 Å². The predicted molar refractivity (Wildman–Crippen MR) is 123 cm³/mol. The molecule has 6 nitrogen and oxygen atoms in total. The first-order valence-corrected chi connectivity index (χ1v) is 12.1. The van der Waals surface area contributed by atoms with E-state index in [2.05, 4.69) is 5.43 Å². The Hall–Kier alpha value is -2.06. The Kier molecular flexibility index (Phi) is 5.25. The summed E-state index contributed by atoms with van der Waals surface area (Å²) >= 11 is 6.58. The van der Waals surface area contributed by atoms with Gasteiger partial charge in [-0.3, -0.25) is 15.0 Å². The number of carbonyl (C=O) groups is 2. The molecule has 2 amide bonds. The van der Waals surface area contributed by atoms with E-state index in [9.17, 15) is 14.7 Å². The van der Waals surface area contributed by atoms with Crippen LogP contribution in [0.1, 0.15) is 51.0 Å². The zero-order valence-electron chi connectivity index (χ0n) is 17.4. The lowest BCUT2D eigenvalue weighted by Crippen LogP contribution is -2.57. The van der Waals surface area contributed by atoms with Gasteiger partial charge < -0.3 is 9.84 Å². The normalized spacial score (nSPS) is 32.7. The molecule has 2 N–H and O–H groups in total. The van der Waals surface area contributed by atoms with E-state index in [-0.39, 0.29) is 23.0 Å². The molecule has 0 spiro atoms. The van der Waals surface area contributed by atoms with E-state index in [1.54, 1.807) is 18.2 Å². The summed E-state index contributed by atoms with van der Waals surface area (Å²) in [5, 5.41) is 11.1. The van der Waals surface area contributed by atoms with Crippen molar-refractivity contribution in [2.24, 2.45) is 23.2 Å². The zero-order valence-corrected chi connectivity index (χ0v) is 19.1. The summed E-state index contributed by atoms with van der Waals surface area (Å²) in [4.78, 5) is 26.8. The van der Waals surface area contributed by atoms with Gasteiger partial charge in [0.1, 0.15) is 0 Å². The number of nitrogens with zero attached hydrogens (tertiary/aromatic N) is 1. The highest BCUT2D eigenvalue weighted by molar-refractivity contribution is 8.26. The molecule has 1 heterocycles. The minimum absolute atomic E-state index is 0.0487. The zero-order chi connectivity index (χ0) is 21.8. The summed E-state index contributed by atoms with van der Waals surface area (Å²) in [5.41, 5.74) is 3.24. The Bertz CT molecular complexity index is 955. The van der Waals surface area contributed by atoms with Crippen molar-refractivity contribution in [3.8, 4) is 11.5 Å². The molecule has 4 saturated carbocycles. The smallest absolute Gasteiger partial charge is 0.285 e. The van der Waals surface area contributed by atoms with Crippen LogP contribution >= 0.6 is 24.0 Å². The molecule has 0 atom stereocenters. The first-order valence-electron chi connectivity index (χ1n) is 10.9. The number of nitrogens with one attached hydrogen (secondary N) is 1. The van der Waals surface area contributed by atoms with Gasteiger partial charge in [-0.15, -0.1) is 0 Å². The van der Waals surface area contributed by atoms with Crippen molar-refractivity contribution >= 4 is 46.2 Å². The molecular formula is C23H26N2O4S2. The number of phenolic OH excluding ortho intramolecular Hbond substituents is 1. The number of carbonyl (C=O) groups excluding carboxylic acids is 2. The summed E-state index contributed by atoms with van der Waals surface area (Å²) in [6, 6.07) is 4.92. The van der Waals surface area contributed by atoms with Crippen LogP contribution < -0.4 is 10.2 Å². The van der Waals surface area contributed by atoms with Crippen LogP contribution in [0.5, 0.6) is 11.5 Å². The third-order valence-electron chi connectivity index (χ3n) is 7.11. The Labute approximate surface area is 191 Å². The number of phenols is 1. The van der Waals surface area contributed by atoms with E-state index in [4.69, 9.17) is 17.0 Å². The fourth-order valence-corrected chi connectivity index (χ4v) is 7.40. The molecule has 5 aliphatic rings. The second-order valence-corrected chi connectivity index (χ2v) is 11.0. The number of hydrogen-bond donors (Lipinski definition) is 2. The number of benzene rings is 1. The Morgan fingerprint density at radius 3 is 2.55 bits per heavy atom. The summed E-state index contributed by atoms with van der Waals surface area (Å²) in [5.74, 6) is 1.99. The van der Waals surface area contributed by atoms with Crippen LogP contribution in [-0.4, -0.2) is 32.9 Å². The van der Waals surface area contributed by atoms with E-state index < -0.39 is 0 Å². The van der Waals surface area contributed by atoms with Crippen LogP contribution in [0.15, 0.2) is 23.1 Å². The minimum atomic E-state index is -0.342. The number of hydrogen-bond acceptors (Lipinski definition) is 6. The number of hydrazine groups is 1. The summed E-state index contributed by atoms with van der Waals surface area (Å²) < 4.78 is 5.75. The maximum Gasteiger partial charge on any atom is 0.285 e. The standard InChI is InChI=1S/C23H26N2O4S2/c1-2-29-18-8-13(3-4-17(18)26)9-19-20(27)25(22(30)31-19)24-21(28)23-10-14-5-15(11-23)7-16(6-14)12-23/h3-4,8-9,14-16,26H,2,5-7,10-12H2,1H3,(H,24,28)/b19-9+. The lowest BCUT2D eigenvalue weighted by atomic mass is 9.49. The molecule has 4 aliphatic carbocycles. The Morgan fingerprint density at radius 2 is 1.94 bits per heavy atom. The second-order valence-electron chi connectivity index (χ2n) is 9.32. The van der Waals surface area contributed by atoms with Crippen molar-refractivity contribution < 1.29 is 19.4 Å². The van der Waals surface area contributed by atoms with Gasteiger partial charge in [0.15, 0.2) is 15.8 Å². The van der Waals surface area contributed by atoms with Gasteiger partial charge in [0.2, 0.25) is 5.91 Å². The average Bonchev–Trinajstić information content (AvgIpc) is 2.97. The predicted octanol–water partition coefficient (Wildman–Crippen LogP) is 4.24. The lowest BCUT2D eigenvalue weighted by molar-refractivity contribution is -0.152. The third kappa shape index (κ3) is 3.74. The summed E-state index contributed by atoms with van der Waals surface area (Å²) in [6.07, 6.45) is 8.28. The van der Waals surface area contributed by atoms with Crippen LogP contribution in [0.4, 0.5) is 0 Å². The third-order valence-corrected chi connectivity index (χ3v) is 8.41. The molecule has 0 unspecified atom stereocenters. The van der Waals surface area contributed by atoms with Crippen LogP contribution in [0.2, 0.25) is 0 Å². The van der Waals surface area contributed by atoms with E-state index in [1.165, 1.54) is 42.1 Å². The van der Waals surface area contributed by atoms with E-state index in [1.807, 2.05) is 6.92 Å². The average molecular weight is 459 g/mol. The molecule has 1 aromatic carbocycles. The molecule has 31 heavy (non-hydrogen) atoms. The maximum absolute atomic E-state index is 13.3. The topological polar surface area (TPSA) is 78.9 Å². The number of thioether (sulfide) groups is 1. The second kappa shape index (κ2) is 7.81. The lowest BCUT2D eigenvalue weighted by Gasteiger charge is -2.55. The monoisotopic (exact) mass is 458 g/mol. The SMILES string of the molecule is CCOc1cc(/C=C2/SC(=S)N(NC(=O)C34CC5CC(CC(C5)C3)C4)C2=O)ccc1O. The minimum Gasteiger partial charge on any atom is -0.504 e. The van der Waals surface area contributed by atoms with Gasteiger partial charge >= 0.3 is 0 Å². The first kappa shape index (κ1) is 20.8. The Balaban J connectivity index is 1.32. The van der Waals surface area contributed by atoms with E-state index in [0.717, 1.165) is 19.3 Å². The van der Waals surface area contributed by atoms with Crippen molar-refractivity contribution in [3.63, 3.8) is 0 Å². The van der Waals surface area contributed by atoms with Crippen molar-refractivity contribution in [3.05, 3.63) is 28.7 Å². The quantitative estimate of drug-likeness (QED) is 0.508. The molecule has 5 fully saturated rings. The van der Waals surface area contributed by atoms with Gasteiger partial charge in [-0.05, 0) is 99.2 Å². The highest BCUT2D eigenvalue weighted by Gasteiger charge is 2.55. The molecule has 1 aromatic rings. The van der Waals surface area contributed by atoms with Gasteiger partial charge in [-0.1, -0.05) is 17.8 Å². The number of ether oxygens (including phenoxy) is 1. The van der Waals surface area contributed by atoms with Crippen molar-refractivity contribution in [2.45, 2.75) is 45.4 Å². The summed E-state index contributed by atoms with van der Waals surface area (Å²) in [7, 11) is 0. The number of aromatic hydroxyl groups is 1. The first-order chi connectivity index (χ1) is 14.9. The molecule has 1 saturated heterocycles.